The van der Waals surface area contributed by atoms with Gasteiger partial charge in [0.15, 0.2) is 0 Å². The average molecular weight is 316 g/mol. The molecule has 0 spiro atoms. The molecule has 0 aliphatic rings. The number of carbonyl (C=O) groups excluding carboxylic acids is 1. The van der Waals surface area contributed by atoms with Crippen molar-refractivity contribution in [1.82, 2.24) is 0 Å². The maximum Gasteiger partial charge on any atom is 0.341 e. The molecule has 0 unspecified atom stereocenters. The van der Waals surface area contributed by atoms with Crippen LogP contribution in [0.25, 0.3) is 0 Å². The van der Waals surface area contributed by atoms with Crippen LogP contribution in [0.4, 0.5) is 0 Å². The summed E-state index contributed by atoms with van der Waals surface area (Å²) in [7, 11) is 1.35. The third-order valence-electron chi connectivity index (χ3n) is 2.53. The molecule has 0 heterocycles. The summed E-state index contributed by atoms with van der Waals surface area (Å²) in [4.78, 5) is 11.6. The molecule has 0 saturated carbocycles. The molecule has 1 aromatic carbocycles. The summed E-state index contributed by atoms with van der Waals surface area (Å²) < 4.78 is 11.2. The summed E-state index contributed by atoms with van der Waals surface area (Å²) in [6, 6.07) is 5.27. The lowest BCUT2D eigenvalue weighted by Crippen LogP contribution is -2.15. The van der Waals surface area contributed by atoms with Crippen LogP contribution >= 0.6 is 15.9 Å². The number of methoxy groups -OCH3 is 1. The van der Waals surface area contributed by atoms with Gasteiger partial charge in [-0.05, 0) is 37.1 Å². The molecule has 0 bridgehead atoms. The van der Waals surface area contributed by atoms with Crippen LogP contribution in [0, 0.1) is 5.92 Å². The Kier molecular flexibility index (Phi) is 6.15. The molecule has 4 nitrogen and oxygen atoms in total. The van der Waals surface area contributed by atoms with Crippen molar-refractivity contribution in [3.63, 3.8) is 0 Å². The summed E-state index contributed by atoms with van der Waals surface area (Å²) in [5.74, 6) is 0.482. The second-order valence-electron chi connectivity index (χ2n) is 4.13. The van der Waals surface area contributed by atoms with Gasteiger partial charge in [0.1, 0.15) is 11.3 Å². The van der Waals surface area contributed by atoms with Crippen molar-refractivity contribution in [2.75, 3.05) is 20.3 Å². The fourth-order valence-electron chi connectivity index (χ4n) is 1.50. The van der Waals surface area contributed by atoms with Gasteiger partial charge in [0, 0.05) is 4.47 Å². The number of hydrogen-bond acceptors (Lipinski definition) is 4. The summed E-state index contributed by atoms with van der Waals surface area (Å²) in [6.07, 6.45) is 0.893. The van der Waals surface area contributed by atoms with Gasteiger partial charge in [-0.3, -0.25) is 0 Å². The summed E-state index contributed by atoms with van der Waals surface area (Å²) in [6.45, 7) is 3.22. The first-order valence-corrected chi connectivity index (χ1v) is 6.58. The monoisotopic (exact) mass is 315 g/mol. The van der Waals surface area contributed by atoms with Crippen molar-refractivity contribution < 1.29 is 14.3 Å². The lowest BCUT2D eigenvalue weighted by atomic mass is 10.1. The number of halogens is 1. The van der Waals surface area contributed by atoms with Crippen molar-refractivity contribution in [3.05, 3.63) is 28.2 Å². The fourth-order valence-corrected chi connectivity index (χ4v) is 1.86. The molecule has 1 aromatic rings. The van der Waals surface area contributed by atoms with Crippen molar-refractivity contribution in [3.8, 4) is 5.75 Å². The first-order chi connectivity index (χ1) is 8.58. The van der Waals surface area contributed by atoms with Crippen LogP contribution in [-0.2, 0) is 4.74 Å². The van der Waals surface area contributed by atoms with E-state index >= 15 is 0 Å². The number of benzene rings is 1. The van der Waals surface area contributed by atoms with Gasteiger partial charge in [0.05, 0.1) is 13.7 Å². The Labute approximate surface area is 116 Å². The molecule has 1 rings (SSSR count). The van der Waals surface area contributed by atoms with Gasteiger partial charge < -0.3 is 15.2 Å². The Balaban J connectivity index is 2.78. The van der Waals surface area contributed by atoms with Crippen LogP contribution in [0.1, 0.15) is 23.7 Å². The molecular formula is C13H18BrNO3. The highest BCUT2D eigenvalue weighted by atomic mass is 79.9. The molecule has 0 amide bonds. The van der Waals surface area contributed by atoms with E-state index in [1.165, 1.54) is 7.11 Å². The van der Waals surface area contributed by atoms with Crippen LogP contribution < -0.4 is 10.5 Å². The average Bonchev–Trinajstić information content (AvgIpc) is 2.36. The second-order valence-corrected chi connectivity index (χ2v) is 5.04. The zero-order chi connectivity index (χ0) is 13.5. The van der Waals surface area contributed by atoms with Crippen molar-refractivity contribution in [1.29, 1.82) is 0 Å². The van der Waals surface area contributed by atoms with E-state index in [0.717, 1.165) is 10.9 Å². The molecule has 0 radical (unpaired) electrons. The SMILES string of the molecule is COC(=O)c1cc(Br)ccc1OC[C@H](C)CCN. The first kappa shape index (κ1) is 15.0. The number of nitrogens with two attached hydrogens (primary N) is 1. The third-order valence-corrected chi connectivity index (χ3v) is 3.02. The fraction of sp³-hybridized carbons (Fsp3) is 0.462. The Bertz CT molecular complexity index is 409. The highest BCUT2D eigenvalue weighted by Crippen LogP contribution is 2.24. The zero-order valence-corrected chi connectivity index (χ0v) is 12.2. The minimum Gasteiger partial charge on any atom is -0.492 e. The molecule has 0 saturated heterocycles. The molecule has 0 aliphatic heterocycles. The molecule has 18 heavy (non-hydrogen) atoms. The number of ether oxygens (including phenoxy) is 2. The Hall–Kier alpha value is -1.07. The highest BCUT2D eigenvalue weighted by Gasteiger charge is 2.14. The van der Waals surface area contributed by atoms with Gasteiger partial charge >= 0.3 is 5.97 Å². The summed E-state index contributed by atoms with van der Waals surface area (Å²) in [5, 5.41) is 0. The highest BCUT2D eigenvalue weighted by molar-refractivity contribution is 9.10. The van der Waals surface area contributed by atoms with E-state index in [4.69, 9.17) is 15.2 Å². The smallest absolute Gasteiger partial charge is 0.341 e. The van der Waals surface area contributed by atoms with E-state index in [2.05, 4.69) is 22.9 Å². The lowest BCUT2D eigenvalue weighted by Gasteiger charge is -2.14. The second kappa shape index (κ2) is 7.38. The Morgan fingerprint density at radius 1 is 1.50 bits per heavy atom. The Morgan fingerprint density at radius 2 is 2.22 bits per heavy atom. The van der Waals surface area contributed by atoms with E-state index in [9.17, 15) is 4.79 Å². The van der Waals surface area contributed by atoms with Crippen LogP contribution in [0.2, 0.25) is 0 Å². The number of rotatable bonds is 6. The molecule has 0 aliphatic carbocycles. The molecule has 0 fully saturated rings. The zero-order valence-electron chi connectivity index (χ0n) is 10.6. The lowest BCUT2D eigenvalue weighted by molar-refractivity contribution is 0.0595. The first-order valence-electron chi connectivity index (χ1n) is 5.79. The van der Waals surface area contributed by atoms with Gasteiger partial charge in [-0.25, -0.2) is 4.79 Å². The quantitative estimate of drug-likeness (QED) is 0.820. The molecule has 100 valence electrons. The minimum atomic E-state index is -0.405. The van der Waals surface area contributed by atoms with Crippen molar-refractivity contribution in [2.24, 2.45) is 11.7 Å². The van der Waals surface area contributed by atoms with Crippen molar-refractivity contribution >= 4 is 21.9 Å². The molecular weight excluding hydrogens is 298 g/mol. The van der Waals surface area contributed by atoms with Crippen LogP contribution in [0.3, 0.4) is 0 Å². The van der Waals surface area contributed by atoms with Crippen LogP contribution in [0.15, 0.2) is 22.7 Å². The standard InChI is InChI=1S/C13H18BrNO3/c1-9(5-6-15)8-18-12-4-3-10(14)7-11(12)13(16)17-2/h3-4,7,9H,5-6,8,15H2,1-2H3/t9-/m1/s1. The molecule has 0 aromatic heterocycles. The van der Waals surface area contributed by atoms with E-state index in [1.807, 2.05) is 6.07 Å². The van der Waals surface area contributed by atoms with E-state index in [1.54, 1.807) is 12.1 Å². The predicted octanol–water partition coefficient (Wildman–Crippen LogP) is 2.60. The third kappa shape index (κ3) is 4.31. The van der Waals surface area contributed by atoms with Gasteiger partial charge in [-0.2, -0.15) is 0 Å². The molecule has 2 N–H and O–H groups in total. The maximum atomic E-state index is 11.6. The van der Waals surface area contributed by atoms with E-state index in [0.29, 0.717) is 30.4 Å². The van der Waals surface area contributed by atoms with Gasteiger partial charge in [0.25, 0.3) is 0 Å². The van der Waals surface area contributed by atoms with Gasteiger partial charge in [-0.1, -0.05) is 22.9 Å². The van der Waals surface area contributed by atoms with Gasteiger partial charge in [-0.15, -0.1) is 0 Å². The molecule has 5 heteroatoms. The number of carbonyl (C=O) groups is 1. The van der Waals surface area contributed by atoms with Crippen molar-refractivity contribution in [2.45, 2.75) is 13.3 Å². The number of hydrogen-bond donors (Lipinski definition) is 1. The predicted molar refractivity (Wildman–Crippen MR) is 73.8 cm³/mol. The van der Waals surface area contributed by atoms with Crippen LogP contribution in [0.5, 0.6) is 5.75 Å². The normalized spacial score (nSPS) is 12.0. The number of esters is 1. The van der Waals surface area contributed by atoms with E-state index < -0.39 is 5.97 Å². The van der Waals surface area contributed by atoms with E-state index in [-0.39, 0.29) is 0 Å². The van der Waals surface area contributed by atoms with Gasteiger partial charge in [0.2, 0.25) is 0 Å². The topological polar surface area (TPSA) is 61.5 Å². The largest absolute Gasteiger partial charge is 0.492 e. The van der Waals surface area contributed by atoms with Crippen LogP contribution in [-0.4, -0.2) is 26.2 Å². The maximum absolute atomic E-state index is 11.6. The molecule has 1 atom stereocenters. The minimum absolute atomic E-state index is 0.351. The Morgan fingerprint density at radius 3 is 2.83 bits per heavy atom. The summed E-state index contributed by atoms with van der Waals surface area (Å²) in [5.41, 5.74) is 5.91. The summed E-state index contributed by atoms with van der Waals surface area (Å²) >= 11 is 3.32.